The van der Waals surface area contributed by atoms with Crippen molar-refractivity contribution in [1.82, 2.24) is 14.9 Å². The number of hydrogen-bond acceptors (Lipinski definition) is 6. The van der Waals surface area contributed by atoms with Gasteiger partial charge in [-0.25, -0.2) is 4.98 Å². The van der Waals surface area contributed by atoms with Crippen molar-refractivity contribution in [3.8, 4) is 5.88 Å². The van der Waals surface area contributed by atoms with E-state index < -0.39 is 0 Å². The van der Waals surface area contributed by atoms with Crippen molar-refractivity contribution in [1.29, 1.82) is 0 Å². The molecule has 1 N–H and O–H groups in total. The third kappa shape index (κ3) is 5.77. The molecule has 0 radical (unpaired) electrons. The molecule has 1 aliphatic rings. The molecule has 1 aromatic rings. The van der Waals surface area contributed by atoms with Crippen LogP contribution >= 0.6 is 0 Å². The molecular weight excluding hydrogens is 280 g/mol. The highest BCUT2D eigenvalue weighted by Gasteiger charge is 2.10. The molecule has 0 amide bonds. The second-order valence-corrected chi connectivity index (χ2v) is 5.44. The molecule has 6 nitrogen and oxygen atoms in total. The summed E-state index contributed by atoms with van der Waals surface area (Å²) >= 11 is 0. The van der Waals surface area contributed by atoms with Gasteiger partial charge in [0.15, 0.2) is 0 Å². The summed E-state index contributed by atoms with van der Waals surface area (Å²) in [5.74, 6) is 2.35. The van der Waals surface area contributed by atoms with Crippen LogP contribution in [0.3, 0.4) is 0 Å². The lowest BCUT2D eigenvalue weighted by Gasteiger charge is -2.26. The van der Waals surface area contributed by atoms with E-state index in [9.17, 15) is 0 Å². The maximum Gasteiger partial charge on any atom is 0.218 e. The number of rotatable bonds is 9. The van der Waals surface area contributed by atoms with E-state index >= 15 is 0 Å². The number of morpholine rings is 1. The molecule has 2 rings (SSSR count). The van der Waals surface area contributed by atoms with Crippen LogP contribution in [0.1, 0.15) is 32.5 Å². The molecule has 6 heteroatoms. The molecule has 124 valence electrons. The van der Waals surface area contributed by atoms with Gasteiger partial charge in [0.2, 0.25) is 5.88 Å². The lowest BCUT2D eigenvalue weighted by Crippen LogP contribution is -2.39. The fraction of sp³-hybridized carbons (Fsp3) is 0.750. The highest BCUT2D eigenvalue weighted by atomic mass is 16.5. The molecule has 0 saturated carbocycles. The molecule has 1 aliphatic heterocycles. The average molecular weight is 308 g/mol. The summed E-state index contributed by atoms with van der Waals surface area (Å²) in [5.41, 5.74) is 0. The molecule has 1 aromatic heterocycles. The Balaban J connectivity index is 1.84. The predicted octanol–water partition coefficient (Wildman–Crippen LogP) is 1.96. The quantitative estimate of drug-likeness (QED) is 0.704. The molecular formula is C16H28N4O2. The Morgan fingerprint density at radius 3 is 2.82 bits per heavy atom. The van der Waals surface area contributed by atoms with E-state index in [1.54, 1.807) is 0 Å². The molecule has 0 spiro atoms. The maximum absolute atomic E-state index is 5.71. The fourth-order valence-corrected chi connectivity index (χ4v) is 2.28. The standard InChI is InChI=1S/C16H28N4O2/c1-3-5-10-22-16-13-15(18-14(4-2)19-16)17-6-7-20-8-11-21-12-9-20/h13H,3-12H2,1-2H3,(H,17,18,19). The van der Waals surface area contributed by atoms with Crippen LogP contribution in [0.15, 0.2) is 6.07 Å². The largest absolute Gasteiger partial charge is 0.478 e. The molecule has 0 atom stereocenters. The van der Waals surface area contributed by atoms with E-state index in [0.29, 0.717) is 12.5 Å². The van der Waals surface area contributed by atoms with E-state index in [0.717, 1.165) is 70.3 Å². The van der Waals surface area contributed by atoms with Crippen LogP contribution < -0.4 is 10.1 Å². The molecule has 2 heterocycles. The Labute approximate surface area is 133 Å². The summed E-state index contributed by atoms with van der Waals surface area (Å²) in [7, 11) is 0. The highest BCUT2D eigenvalue weighted by Crippen LogP contribution is 2.14. The minimum absolute atomic E-state index is 0.675. The lowest BCUT2D eigenvalue weighted by molar-refractivity contribution is 0.0398. The average Bonchev–Trinajstić information content (AvgIpc) is 2.56. The van der Waals surface area contributed by atoms with Gasteiger partial charge in [-0.3, -0.25) is 4.90 Å². The number of hydrogen-bond donors (Lipinski definition) is 1. The zero-order chi connectivity index (χ0) is 15.6. The first-order valence-corrected chi connectivity index (χ1v) is 8.36. The van der Waals surface area contributed by atoms with Crippen molar-refractivity contribution in [2.24, 2.45) is 0 Å². The van der Waals surface area contributed by atoms with Gasteiger partial charge in [-0.2, -0.15) is 4.98 Å². The van der Waals surface area contributed by atoms with Crippen LogP contribution in [-0.4, -0.2) is 60.9 Å². The van der Waals surface area contributed by atoms with Crippen molar-refractivity contribution in [3.05, 3.63) is 11.9 Å². The lowest BCUT2D eigenvalue weighted by atomic mass is 10.3. The second-order valence-electron chi connectivity index (χ2n) is 5.44. The van der Waals surface area contributed by atoms with Gasteiger partial charge < -0.3 is 14.8 Å². The number of unbranched alkanes of at least 4 members (excludes halogenated alkanes) is 1. The number of aromatic nitrogens is 2. The smallest absolute Gasteiger partial charge is 0.218 e. The van der Waals surface area contributed by atoms with Crippen molar-refractivity contribution >= 4 is 5.82 Å². The van der Waals surface area contributed by atoms with Crippen LogP contribution in [0.2, 0.25) is 0 Å². The van der Waals surface area contributed by atoms with Crippen molar-refractivity contribution in [3.63, 3.8) is 0 Å². The van der Waals surface area contributed by atoms with Crippen LogP contribution in [0.25, 0.3) is 0 Å². The molecule has 0 unspecified atom stereocenters. The summed E-state index contributed by atoms with van der Waals surface area (Å²) in [4.78, 5) is 11.3. The zero-order valence-corrected chi connectivity index (χ0v) is 13.8. The zero-order valence-electron chi connectivity index (χ0n) is 13.8. The van der Waals surface area contributed by atoms with Gasteiger partial charge in [-0.05, 0) is 6.42 Å². The second kappa shape index (κ2) is 9.58. The molecule has 1 fully saturated rings. The van der Waals surface area contributed by atoms with Crippen LogP contribution in [-0.2, 0) is 11.2 Å². The molecule has 0 bridgehead atoms. The fourth-order valence-electron chi connectivity index (χ4n) is 2.28. The topological polar surface area (TPSA) is 59.5 Å². The number of aryl methyl sites for hydroxylation is 1. The summed E-state index contributed by atoms with van der Waals surface area (Å²) < 4.78 is 11.1. The van der Waals surface area contributed by atoms with Crippen LogP contribution in [0.5, 0.6) is 5.88 Å². The summed E-state index contributed by atoms with van der Waals surface area (Å²) in [6, 6.07) is 1.90. The van der Waals surface area contributed by atoms with Gasteiger partial charge in [0.25, 0.3) is 0 Å². The van der Waals surface area contributed by atoms with Crippen molar-refractivity contribution < 1.29 is 9.47 Å². The summed E-state index contributed by atoms with van der Waals surface area (Å²) in [6.45, 7) is 10.5. The Bertz CT molecular complexity index is 436. The minimum Gasteiger partial charge on any atom is -0.478 e. The molecule has 22 heavy (non-hydrogen) atoms. The number of anilines is 1. The first-order chi connectivity index (χ1) is 10.8. The van der Waals surface area contributed by atoms with Gasteiger partial charge in [-0.15, -0.1) is 0 Å². The first-order valence-electron chi connectivity index (χ1n) is 8.36. The summed E-state index contributed by atoms with van der Waals surface area (Å²) in [5, 5.41) is 3.38. The van der Waals surface area contributed by atoms with Crippen molar-refractivity contribution in [2.45, 2.75) is 33.1 Å². The Morgan fingerprint density at radius 1 is 1.27 bits per heavy atom. The van der Waals surface area contributed by atoms with E-state index in [-0.39, 0.29) is 0 Å². The Hall–Kier alpha value is -1.40. The molecule has 0 aromatic carbocycles. The number of nitrogens with one attached hydrogen (secondary N) is 1. The van der Waals surface area contributed by atoms with E-state index in [2.05, 4.69) is 34.0 Å². The van der Waals surface area contributed by atoms with E-state index in [1.807, 2.05) is 6.07 Å². The highest BCUT2D eigenvalue weighted by molar-refractivity contribution is 5.38. The predicted molar refractivity (Wildman–Crippen MR) is 87.6 cm³/mol. The molecule has 0 aliphatic carbocycles. The third-order valence-corrected chi connectivity index (χ3v) is 3.65. The Kier molecular flexibility index (Phi) is 7.39. The van der Waals surface area contributed by atoms with Crippen molar-refractivity contribution in [2.75, 3.05) is 51.3 Å². The summed E-state index contributed by atoms with van der Waals surface area (Å²) in [6.07, 6.45) is 2.98. The van der Waals surface area contributed by atoms with Gasteiger partial charge >= 0.3 is 0 Å². The molecule has 1 saturated heterocycles. The number of ether oxygens (including phenoxy) is 2. The monoisotopic (exact) mass is 308 g/mol. The van der Waals surface area contributed by atoms with Gasteiger partial charge in [0.1, 0.15) is 11.6 Å². The van der Waals surface area contributed by atoms with E-state index in [4.69, 9.17) is 9.47 Å². The van der Waals surface area contributed by atoms with Gasteiger partial charge in [0, 0.05) is 38.7 Å². The number of nitrogens with zero attached hydrogens (tertiary/aromatic N) is 3. The minimum atomic E-state index is 0.675. The first kappa shape index (κ1) is 17.0. The van der Waals surface area contributed by atoms with Gasteiger partial charge in [-0.1, -0.05) is 20.3 Å². The van der Waals surface area contributed by atoms with Crippen LogP contribution in [0.4, 0.5) is 5.82 Å². The Morgan fingerprint density at radius 2 is 2.09 bits per heavy atom. The maximum atomic E-state index is 5.71. The van der Waals surface area contributed by atoms with Gasteiger partial charge in [0.05, 0.1) is 19.8 Å². The normalized spacial score (nSPS) is 15.7. The van der Waals surface area contributed by atoms with Crippen LogP contribution in [0, 0.1) is 0 Å². The third-order valence-electron chi connectivity index (χ3n) is 3.65. The van der Waals surface area contributed by atoms with E-state index in [1.165, 1.54) is 0 Å². The SMILES string of the molecule is CCCCOc1cc(NCCN2CCOCC2)nc(CC)n1.